The molecule has 0 bridgehead atoms. The van der Waals surface area contributed by atoms with E-state index < -0.39 is 52.6 Å². The summed E-state index contributed by atoms with van der Waals surface area (Å²) in [6, 6.07) is 5.51. The van der Waals surface area contributed by atoms with Crippen molar-refractivity contribution in [2.75, 3.05) is 39.5 Å². The quantitative estimate of drug-likeness (QED) is 0.180. The molecule has 14 heteroatoms. The highest BCUT2D eigenvalue weighted by molar-refractivity contribution is 7.90. The van der Waals surface area contributed by atoms with Crippen LogP contribution in [0.1, 0.15) is 85.0 Å². The van der Waals surface area contributed by atoms with Gasteiger partial charge < -0.3 is 28.4 Å². The molecular formula is C32H52Cl2N2O9S. The van der Waals surface area contributed by atoms with E-state index in [4.69, 9.17) is 40.0 Å². The zero-order chi connectivity index (χ0) is 32.3. The minimum atomic E-state index is -4.19. The third-order valence-corrected chi connectivity index (χ3v) is 9.92. The van der Waals surface area contributed by atoms with Crippen molar-refractivity contribution in [2.24, 2.45) is 0 Å². The molecule has 264 valence electrons. The number of amides is 1. The van der Waals surface area contributed by atoms with Gasteiger partial charge in [-0.2, -0.15) is 0 Å². The molecule has 0 saturated carbocycles. The summed E-state index contributed by atoms with van der Waals surface area (Å²) < 4.78 is 64.0. The van der Waals surface area contributed by atoms with Crippen molar-refractivity contribution >= 4 is 40.1 Å². The summed E-state index contributed by atoms with van der Waals surface area (Å²) in [4.78, 5) is 15.1. The van der Waals surface area contributed by atoms with E-state index in [-0.39, 0.29) is 17.3 Å². The number of hydrogen-bond donors (Lipinski definition) is 1. The summed E-state index contributed by atoms with van der Waals surface area (Å²) in [6.45, 7) is 9.01. The smallest absolute Gasteiger partial charge is 0.421 e. The molecule has 3 saturated heterocycles. The SMILES string of the molecule is CCCCCCCCCCCCO[C@@H]1[C@H]2OC(C)(C)O[C@H]2O[C@@H]1C(CN1CCOCC1)OC(=O)NS(=O)(=O)c1ccc(Cl)cc1.Cl. The average Bonchev–Trinajstić information content (AvgIpc) is 3.47. The Kier molecular flexibility index (Phi) is 16.3. The van der Waals surface area contributed by atoms with E-state index in [9.17, 15) is 13.2 Å². The highest BCUT2D eigenvalue weighted by atomic mass is 35.5. The second-order valence-electron chi connectivity index (χ2n) is 12.5. The number of ether oxygens (including phenoxy) is 6. The summed E-state index contributed by atoms with van der Waals surface area (Å²) >= 11 is 5.90. The van der Waals surface area contributed by atoms with Gasteiger partial charge in [-0.1, -0.05) is 76.3 Å². The number of carbonyl (C=O) groups excluding carboxylic acids is 1. The van der Waals surface area contributed by atoms with Crippen LogP contribution >= 0.6 is 24.0 Å². The molecule has 0 aliphatic carbocycles. The van der Waals surface area contributed by atoms with Crippen molar-refractivity contribution in [3.8, 4) is 0 Å². The Hall–Kier alpha value is -1.22. The first-order valence-corrected chi connectivity index (χ1v) is 18.4. The largest absolute Gasteiger partial charge is 0.441 e. The van der Waals surface area contributed by atoms with Gasteiger partial charge in [-0.3, -0.25) is 4.90 Å². The number of halogens is 2. The number of rotatable bonds is 18. The minimum Gasteiger partial charge on any atom is -0.441 e. The van der Waals surface area contributed by atoms with Gasteiger partial charge in [0.25, 0.3) is 10.0 Å². The maximum atomic E-state index is 13.1. The summed E-state index contributed by atoms with van der Waals surface area (Å²) in [5.41, 5.74) is 0. The zero-order valence-electron chi connectivity index (χ0n) is 27.3. The van der Waals surface area contributed by atoms with Crippen molar-refractivity contribution in [1.29, 1.82) is 0 Å². The summed E-state index contributed by atoms with van der Waals surface area (Å²) in [5, 5.41) is 0.377. The zero-order valence-corrected chi connectivity index (χ0v) is 29.7. The van der Waals surface area contributed by atoms with Crippen LogP contribution in [-0.4, -0.2) is 95.4 Å². The van der Waals surface area contributed by atoms with Crippen LogP contribution in [0.25, 0.3) is 0 Å². The normalized spacial score (nSPS) is 25.0. The molecular weight excluding hydrogens is 659 g/mol. The second-order valence-corrected chi connectivity index (χ2v) is 14.6. The van der Waals surface area contributed by atoms with E-state index in [1.165, 1.54) is 69.2 Å². The number of benzene rings is 1. The molecule has 1 aromatic rings. The van der Waals surface area contributed by atoms with Crippen LogP contribution in [0.4, 0.5) is 4.79 Å². The molecule has 3 heterocycles. The molecule has 5 atom stereocenters. The second kappa shape index (κ2) is 19.1. The Morgan fingerprint density at radius 3 is 2.24 bits per heavy atom. The van der Waals surface area contributed by atoms with Crippen LogP contribution in [0, 0.1) is 0 Å². The number of sulfonamides is 1. The Morgan fingerprint density at radius 1 is 1.00 bits per heavy atom. The molecule has 3 aliphatic rings. The van der Waals surface area contributed by atoms with Crippen LogP contribution in [0.2, 0.25) is 5.02 Å². The highest BCUT2D eigenvalue weighted by Gasteiger charge is 2.58. The van der Waals surface area contributed by atoms with E-state index >= 15 is 0 Å². The number of morpholine rings is 1. The van der Waals surface area contributed by atoms with Gasteiger partial charge in [-0.25, -0.2) is 17.9 Å². The fourth-order valence-electron chi connectivity index (χ4n) is 5.99. The Morgan fingerprint density at radius 2 is 1.61 bits per heavy atom. The van der Waals surface area contributed by atoms with E-state index in [1.807, 2.05) is 18.6 Å². The summed E-state index contributed by atoms with van der Waals surface area (Å²) in [7, 11) is -4.19. The topological polar surface area (TPSA) is 122 Å². The van der Waals surface area contributed by atoms with Gasteiger partial charge in [0.05, 0.1) is 18.1 Å². The summed E-state index contributed by atoms with van der Waals surface area (Å²) in [5.74, 6) is -0.858. The standard InChI is InChI=1S/C32H51ClN2O9S.ClH/c1-4-5-6-7-8-9-10-11-12-13-20-40-28-27(42-30-29(28)43-32(2,3)44-30)26(23-35-18-21-39-22-19-35)41-31(36)34-45(37,38)25-16-14-24(33)15-17-25;/h14-17,26-30H,4-13,18-23H2,1-3H3,(H,34,36);1H/t26?,27-,28+,29-,30-;/m1./s1. The Bertz CT molecular complexity index is 1150. The lowest BCUT2D eigenvalue weighted by Crippen LogP contribution is -2.52. The van der Waals surface area contributed by atoms with Gasteiger partial charge >= 0.3 is 6.09 Å². The van der Waals surface area contributed by atoms with Gasteiger partial charge in [-0.15, -0.1) is 12.4 Å². The number of unbranched alkanes of at least 4 members (excludes halogenated alkanes) is 9. The number of fused-ring (bicyclic) bond motifs is 1. The molecule has 0 radical (unpaired) electrons. The van der Waals surface area contributed by atoms with Crippen LogP contribution < -0.4 is 4.72 Å². The fourth-order valence-corrected chi connectivity index (χ4v) is 7.00. The maximum absolute atomic E-state index is 13.1. The molecule has 3 fully saturated rings. The molecule has 3 aliphatic heterocycles. The van der Waals surface area contributed by atoms with E-state index in [2.05, 4.69) is 11.8 Å². The van der Waals surface area contributed by atoms with Crippen molar-refractivity contribution in [3.63, 3.8) is 0 Å². The van der Waals surface area contributed by atoms with Gasteiger partial charge in [0.15, 0.2) is 12.1 Å². The van der Waals surface area contributed by atoms with Crippen molar-refractivity contribution in [1.82, 2.24) is 9.62 Å². The van der Waals surface area contributed by atoms with Crippen LogP contribution in [0.3, 0.4) is 0 Å². The maximum Gasteiger partial charge on any atom is 0.421 e. The van der Waals surface area contributed by atoms with Crippen molar-refractivity contribution < 1.29 is 41.6 Å². The monoisotopic (exact) mass is 710 g/mol. The lowest BCUT2D eigenvalue weighted by molar-refractivity contribution is -0.230. The average molecular weight is 712 g/mol. The number of nitrogens with zero attached hydrogens (tertiary/aromatic N) is 1. The molecule has 1 unspecified atom stereocenters. The van der Waals surface area contributed by atoms with Gasteiger partial charge in [-0.05, 0) is 44.5 Å². The van der Waals surface area contributed by atoms with Gasteiger partial charge in [0, 0.05) is 31.3 Å². The Balaban J connectivity index is 0.00000576. The molecule has 0 spiro atoms. The molecule has 1 aromatic carbocycles. The third kappa shape index (κ3) is 12.0. The van der Waals surface area contributed by atoms with Crippen molar-refractivity contribution in [3.05, 3.63) is 29.3 Å². The predicted molar refractivity (Wildman–Crippen MR) is 177 cm³/mol. The van der Waals surface area contributed by atoms with Gasteiger partial charge in [0.2, 0.25) is 0 Å². The lowest BCUT2D eigenvalue weighted by Gasteiger charge is -2.35. The first kappa shape index (κ1) is 39.2. The highest BCUT2D eigenvalue weighted by Crippen LogP contribution is 2.40. The van der Waals surface area contributed by atoms with E-state index in [0.29, 0.717) is 44.5 Å². The first-order valence-electron chi connectivity index (χ1n) is 16.5. The Labute approximate surface area is 285 Å². The van der Waals surface area contributed by atoms with Crippen LogP contribution in [-0.2, 0) is 38.4 Å². The van der Waals surface area contributed by atoms with Crippen LogP contribution in [0.15, 0.2) is 29.2 Å². The number of carbonyl (C=O) groups is 1. The number of nitrogens with one attached hydrogen (secondary N) is 1. The molecule has 11 nitrogen and oxygen atoms in total. The predicted octanol–water partition coefficient (Wildman–Crippen LogP) is 6.06. The molecule has 1 amide bonds. The lowest BCUT2D eigenvalue weighted by atomic mass is 10.0. The fraction of sp³-hybridized carbons (Fsp3) is 0.781. The number of hydrogen-bond acceptors (Lipinski definition) is 10. The van der Waals surface area contributed by atoms with E-state index in [1.54, 1.807) is 0 Å². The van der Waals surface area contributed by atoms with Gasteiger partial charge in [0.1, 0.15) is 24.4 Å². The van der Waals surface area contributed by atoms with Crippen molar-refractivity contribution in [2.45, 2.75) is 126 Å². The first-order chi connectivity index (χ1) is 21.6. The molecule has 4 rings (SSSR count). The third-order valence-electron chi connectivity index (χ3n) is 8.34. The molecule has 0 aromatic heterocycles. The van der Waals surface area contributed by atoms with Crippen LogP contribution in [0.5, 0.6) is 0 Å². The molecule has 1 N–H and O–H groups in total. The minimum absolute atomic E-state index is 0. The molecule has 46 heavy (non-hydrogen) atoms. The summed E-state index contributed by atoms with van der Waals surface area (Å²) in [6.07, 6.45) is 7.58. The van der Waals surface area contributed by atoms with E-state index in [0.717, 1.165) is 19.3 Å².